The van der Waals surface area contributed by atoms with Gasteiger partial charge in [0.15, 0.2) is 18.9 Å². The fraction of sp³-hybridized carbons (Fsp3) is 0.939. The maximum atomic E-state index is 13.5. The van der Waals surface area contributed by atoms with Crippen molar-refractivity contribution in [3.63, 3.8) is 0 Å². The number of hydrogen-bond donors (Lipinski definition) is 12. The van der Waals surface area contributed by atoms with Gasteiger partial charge in [-0.15, -0.1) is 0 Å². The van der Waals surface area contributed by atoms with Gasteiger partial charge in [0.25, 0.3) is 0 Å². The second kappa shape index (κ2) is 63.2. The van der Waals surface area contributed by atoms with Gasteiger partial charge in [-0.3, -0.25) is 4.79 Å². The Hall–Kier alpha value is -1.73. The van der Waals surface area contributed by atoms with E-state index in [9.17, 15) is 61.0 Å². The molecule has 0 aromatic heterocycles. The van der Waals surface area contributed by atoms with Crippen LogP contribution in [-0.4, -0.2) is 193 Å². The van der Waals surface area contributed by atoms with Crippen LogP contribution < -0.4 is 5.32 Å². The summed E-state index contributed by atoms with van der Waals surface area (Å²) in [6.07, 6.45) is 50.3. The summed E-state index contributed by atoms with van der Waals surface area (Å²) >= 11 is 0. The van der Waals surface area contributed by atoms with E-state index in [1.807, 2.05) is 6.08 Å². The molecule has 19 heteroatoms. The number of carbonyl (C=O) groups excluding carboxylic acids is 1. The molecule has 1 amide bonds. The third-order valence-corrected chi connectivity index (χ3v) is 21.2. The molecular weight excluding hydrogens is 1290 g/mol. The lowest BCUT2D eigenvalue weighted by Crippen LogP contribution is -2.66. The van der Waals surface area contributed by atoms with Crippen LogP contribution in [-0.2, 0) is 33.2 Å². The lowest BCUT2D eigenvalue weighted by Gasteiger charge is -2.48. The van der Waals surface area contributed by atoms with E-state index in [1.54, 1.807) is 6.08 Å². The molecule has 0 spiro atoms. The predicted octanol–water partition coefficient (Wildman–Crippen LogP) is 14.5. The summed E-state index contributed by atoms with van der Waals surface area (Å²) in [6, 6.07) is -0.973. The smallest absolute Gasteiger partial charge is 0.220 e. The monoisotopic (exact) mass is 1440 g/mol. The summed E-state index contributed by atoms with van der Waals surface area (Å²) in [6.45, 7) is 1.80. The number of amides is 1. The highest BCUT2D eigenvalue weighted by Crippen LogP contribution is 2.33. The van der Waals surface area contributed by atoms with Gasteiger partial charge in [-0.2, -0.15) is 0 Å². The fourth-order valence-corrected chi connectivity index (χ4v) is 14.5. The average molecular weight is 1440 g/mol. The van der Waals surface area contributed by atoms with Crippen molar-refractivity contribution in [1.82, 2.24) is 5.32 Å². The molecular formula is C82H155NO18. The van der Waals surface area contributed by atoms with E-state index >= 15 is 0 Å². The van der Waals surface area contributed by atoms with Crippen molar-refractivity contribution in [2.45, 2.75) is 465 Å². The molecule has 0 aromatic rings. The Morgan fingerprint density at radius 2 is 0.624 bits per heavy atom. The van der Waals surface area contributed by atoms with Crippen LogP contribution in [0.3, 0.4) is 0 Å². The summed E-state index contributed by atoms with van der Waals surface area (Å²) in [5, 5.41) is 121. The van der Waals surface area contributed by atoms with Crippen molar-refractivity contribution >= 4 is 5.91 Å². The van der Waals surface area contributed by atoms with Crippen molar-refractivity contribution in [3.8, 4) is 0 Å². The van der Waals surface area contributed by atoms with Gasteiger partial charge in [-0.05, 0) is 44.9 Å². The Bertz CT molecular complexity index is 1920. The SMILES string of the molecule is CCCCCCCCCC/C=C\CCCCCCCCCCCCCCCCCC(=O)NC(COC1OC(CO)C(OC2OC(CO)C(OC3OC(CO)C(O)C(O)C3O)C(O)C2O)C(O)C1O)C(O)/C=C/CCCCCCCCCCCCCCCCCCCCCCCCCCCCC. The molecule has 0 aromatic carbocycles. The van der Waals surface area contributed by atoms with Crippen molar-refractivity contribution in [1.29, 1.82) is 0 Å². The Kier molecular flexibility index (Phi) is 58.5. The van der Waals surface area contributed by atoms with Crippen LogP contribution in [0.15, 0.2) is 24.3 Å². The van der Waals surface area contributed by atoms with E-state index in [2.05, 4.69) is 31.3 Å². The summed E-state index contributed by atoms with van der Waals surface area (Å²) in [5.74, 6) is -0.268. The number of aliphatic hydroxyl groups is 11. The quantitative estimate of drug-likeness (QED) is 0.0199. The van der Waals surface area contributed by atoms with Crippen LogP contribution in [0.5, 0.6) is 0 Å². The summed E-state index contributed by atoms with van der Waals surface area (Å²) in [7, 11) is 0. The van der Waals surface area contributed by atoms with Crippen LogP contribution in [0.2, 0.25) is 0 Å². The van der Waals surface area contributed by atoms with E-state index in [-0.39, 0.29) is 18.9 Å². The molecule has 3 rings (SSSR count). The van der Waals surface area contributed by atoms with E-state index < -0.39 is 124 Å². The van der Waals surface area contributed by atoms with Crippen molar-refractivity contribution in [3.05, 3.63) is 24.3 Å². The lowest BCUT2D eigenvalue weighted by molar-refractivity contribution is -0.379. The average Bonchev–Trinajstić information content (AvgIpc) is 0.782. The Balaban J connectivity index is 1.36. The number of ether oxygens (including phenoxy) is 6. The normalized spacial score (nSPS) is 26.4. The fourth-order valence-electron chi connectivity index (χ4n) is 14.5. The van der Waals surface area contributed by atoms with Gasteiger partial charge in [0.1, 0.15) is 73.2 Å². The molecule has 3 aliphatic rings. The zero-order chi connectivity index (χ0) is 73.2. The number of aliphatic hydroxyl groups excluding tert-OH is 11. The van der Waals surface area contributed by atoms with E-state index in [4.69, 9.17) is 28.4 Å². The third-order valence-electron chi connectivity index (χ3n) is 21.2. The van der Waals surface area contributed by atoms with Crippen molar-refractivity contribution < 1.29 is 89.4 Å². The highest BCUT2D eigenvalue weighted by Gasteiger charge is 2.54. The third kappa shape index (κ3) is 43.2. The molecule has 3 heterocycles. The second-order valence-electron chi connectivity index (χ2n) is 30.3. The van der Waals surface area contributed by atoms with Gasteiger partial charge in [0, 0.05) is 6.42 Å². The van der Waals surface area contributed by atoms with Crippen LogP contribution in [0.4, 0.5) is 0 Å². The first-order valence-corrected chi connectivity index (χ1v) is 42.1. The predicted molar refractivity (Wildman–Crippen MR) is 402 cm³/mol. The van der Waals surface area contributed by atoms with Gasteiger partial charge >= 0.3 is 0 Å². The zero-order valence-corrected chi connectivity index (χ0v) is 63.9. The zero-order valence-electron chi connectivity index (χ0n) is 63.9. The number of unbranched alkanes of at least 4 members (excludes halogenated alkanes) is 50. The second-order valence-corrected chi connectivity index (χ2v) is 30.3. The lowest BCUT2D eigenvalue weighted by atomic mass is 9.96. The minimum Gasteiger partial charge on any atom is -0.394 e. The largest absolute Gasteiger partial charge is 0.394 e. The highest BCUT2D eigenvalue weighted by atomic mass is 16.8. The molecule has 0 saturated carbocycles. The molecule has 596 valence electrons. The maximum Gasteiger partial charge on any atom is 0.220 e. The van der Waals surface area contributed by atoms with Crippen LogP contribution in [0.1, 0.15) is 361 Å². The topological polar surface area (TPSA) is 307 Å². The molecule has 0 bridgehead atoms. The standard InChI is InChI=1S/C82H155NO18/c1-3-5-7-9-11-13-15-17-19-21-23-25-27-29-31-32-34-35-37-39-41-43-45-47-49-51-53-55-57-59-66(87)65(83-70(88)60-58-56-54-52-50-48-46-44-42-40-38-36-33-30-28-26-24-22-20-18-16-14-12-10-8-6-4-2)64-96-80-76(94)73(91)78(68(62-85)98-80)101-82-77(95)74(92)79(69(63-86)99-82)100-81-75(93)72(90)71(89)67(61-84)97-81/h22,24,57,59,65-69,71-82,84-87,89-95H,3-21,23,25-56,58,60-64H2,1-2H3,(H,83,88)/b24-22-,59-57+. The van der Waals surface area contributed by atoms with Gasteiger partial charge < -0.3 is 89.9 Å². The summed E-state index contributed by atoms with van der Waals surface area (Å²) < 4.78 is 34.5. The molecule has 3 fully saturated rings. The number of rotatable bonds is 68. The van der Waals surface area contributed by atoms with Gasteiger partial charge in [0.05, 0.1) is 38.6 Å². The minimum atomic E-state index is -1.98. The summed E-state index contributed by atoms with van der Waals surface area (Å²) in [5.41, 5.74) is 0. The van der Waals surface area contributed by atoms with E-state index in [0.29, 0.717) is 6.42 Å². The molecule has 3 aliphatic heterocycles. The van der Waals surface area contributed by atoms with Crippen LogP contribution in [0, 0.1) is 0 Å². The first-order valence-electron chi connectivity index (χ1n) is 42.1. The first kappa shape index (κ1) is 93.5. The molecule has 19 nitrogen and oxygen atoms in total. The number of allylic oxidation sites excluding steroid dienone is 3. The summed E-state index contributed by atoms with van der Waals surface area (Å²) in [4.78, 5) is 13.5. The molecule has 0 radical (unpaired) electrons. The number of nitrogens with one attached hydrogen (secondary N) is 1. The number of carbonyl (C=O) groups is 1. The number of hydrogen-bond acceptors (Lipinski definition) is 18. The molecule has 17 unspecified atom stereocenters. The molecule has 17 atom stereocenters. The van der Waals surface area contributed by atoms with Crippen molar-refractivity contribution in [2.75, 3.05) is 26.4 Å². The molecule has 101 heavy (non-hydrogen) atoms. The van der Waals surface area contributed by atoms with Crippen molar-refractivity contribution in [2.24, 2.45) is 0 Å². The molecule has 3 saturated heterocycles. The molecule has 12 N–H and O–H groups in total. The van der Waals surface area contributed by atoms with Crippen LogP contribution in [0.25, 0.3) is 0 Å². The minimum absolute atomic E-state index is 0.247. The molecule has 0 aliphatic carbocycles. The van der Waals surface area contributed by atoms with Gasteiger partial charge in [-0.1, -0.05) is 334 Å². The van der Waals surface area contributed by atoms with Crippen LogP contribution >= 0.6 is 0 Å². The highest BCUT2D eigenvalue weighted by molar-refractivity contribution is 5.76. The van der Waals surface area contributed by atoms with E-state index in [0.717, 1.165) is 44.9 Å². The Morgan fingerprint density at radius 1 is 0.347 bits per heavy atom. The Labute approximate surface area is 613 Å². The maximum absolute atomic E-state index is 13.5. The van der Waals surface area contributed by atoms with Gasteiger partial charge in [-0.25, -0.2) is 0 Å². The van der Waals surface area contributed by atoms with E-state index in [1.165, 1.54) is 289 Å². The Morgan fingerprint density at radius 3 is 0.960 bits per heavy atom. The first-order chi connectivity index (χ1) is 49.3. The van der Waals surface area contributed by atoms with Gasteiger partial charge in [0.2, 0.25) is 5.91 Å².